The highest BCUT2D eigenvalue weighted by Gasteiger charge is 2.24. The number of nitrogens with one attached hydrogen (secondary N) is 1. The standard InChI is InChI=1S/C26H21N3O2S/c30-25-24(32-26(28-25)27-20-9-3-1-4-10-20)17-19-18-29(23-14-8-7-13-22(19)23)15-16-31-21-11-5-2-6-12-21/h1-14,17-18H,15-16H2,(H,27,28,30)/b24-17+. The molecule has 1 N–H and O–H groups in total. The number of thioether (sulfide) groups is 1. The highest BCUT2D eigenvalue weighted by molar-refractivity contribution is 8.18. The quantitative estimate of drug-likeness (QED) is 0.397. The van der Waals surface area contributed by atoms with Crippen LogP contribution in [-0.2, 0) is 11.3 Å². The van der Waals surface area contributed by atoms with Gasteiger partial charge < -0.3 is 14.6 Å². The summed E-state index contributed by atoms with van der Waals surface area (Å²) < 4.78 is 8.04. The molecule has 32 heavy (non-hydrogen) atoms. The number of aliphatic imine (C=N–C) groups is 1. The lowest BCUT2D eigenvalue weighted by Crippen LogP contribution is -2.19. The largest absolute Gasteiger partial charge is 0.492 e. The van der Waals surface area contributed by atoms with Crippen molar-refractivity contribution in [2.75, 3.05) is 6.61 Å². The Morgan fingerprint density at radius 3 is 2.47 bits per heavy atom. The number of carbonyl (C=O) groups is 1. The molecule has 4 aromatic rings. The molecule has 1 amide bonds. The SMILES string of the molecule is O=C1NC(=Nc2ccccc2)S/C1=C/c1cn(CCOc2ccccc2)c2ccccc12. The molecule has 0 spiro atoms. The van der Waals surface area contributed by atoms with Crippen LogP contribution in [0.4, 0.5) is 5.69 Å². The molecule has 0 atom stereocenters. The van der Waals surface area contributed by atoms with Gasteiger partial charge >= 0.3 is 0 Å². The summed E-state index contributed by atoms with van der Waals surface area (Å²) >= 11 is 1.36. The van der Waals surface area contributed by atoms with E-state index in [2.05, 4.69) is 33.2 Å². The zero-order valence-corrected chi connectivity index (χ0v) is 18.1. The zero-order valence-electron chi connectivity index (χ0n) is 17.3. The number of ether oxygens (including phenoxy) is 1. The van der Waals surface area contributed by atoms with Crippen molar-refractivity contribution in [2.24, 2.45) is 4.99 Å². The van der Waals surface area contributed by atoms with E-state index in [1.807, 2.05) is 78.9 Å². The first-order valence-electron chi connectivity index (χ1n) is 10.4. The van der Waals surface area contributed by atoms with Crippen LogP contribution in [0.15, 0.2) is 101 Å². The lowest BCUT2D eigenvalue weighted by atomic mass is 10.1. The van der Waals surface area contributed by atoms with Gasteiger partial charge in [-0.1, -0.05) is 54.6 Å². The van der Waals surface area contributed by atoms with Gasteiger partial charge in [-0.05, 0) is 48.2 Å². The van der Waals surface area contributed by atoms with Crippen LogP contribution in [0, 0.1) is 0 Å². The van der Waals surface area contributed by atoms with Crippen molar-refractivity contribution in [3.63, 3.8) is 0 Å². The fraction of sp³-hybridized carbons (Fsp3) is 0.0769. The van der Waals surface area contributed by atoms with Gasteiger partial charge in [-0.25, -0.2) is 4.99 Å². The van der Waals surface area contributed by atoms with E-state index in [1.165, 1.54) is 11.8 Å². The first-order chi connectivity index (χ1) is 15.8. The molecule has 0 bridgehead atoms. The van der Waals surface area contributed by atoms with E-state index in [0.717, 1.165) is 27.9 Å². The molecule has 0 radical (unpaired) electrons. The average molecular weight is 440 g/mol. The molecule has 1 aliphatic rings. The van der Waals surface area contributed by atoms with Crippen LogP contribution in [-0.4, -0.2) is 22.2 Å². The monoisotopic (exact) mass is 439 g/mol. The van der Waals surface area contributed by atoms with Gasteiger partial charge in [0.1, 0.15) is 12.4 Å². The summed E-state index contributed by atoms with van der Waals surface area (Å²) in [5.74, 6) is 0.726. The van der Waals surface area contributed by atoms with Crippen molar-refractivity contribution in [2.45, 2.75) is 6.54 Å². The fourth-order valence-corrected chi connectivity index (χ4v) is 4.43. The number of fused-ring (bicyclic) bond motifs is 1. The van der Waals surface area contributed by atoms with E-state index >= 15 is 0 Å². The van der Waals surface area contributed by atoms with E-state index in [9.17, 15) is 4.79 Å². The topological polar surface area (TPSA) is 55.6 Å². The minimum absolute atomic E-state index is 0.131. The number of rotatable bonds is 6. The van der Waals surface area contributed by atoms with Crippen molar-refractivity contribution in [1.29, 1.82) is 0 Å². The van der Waals surface area contributed by atoms with Gasteiger partial charge in [0.15, 0.2) is 5.17 Å². The van der Waals surface area contributed by atoms with E-state index in [0.29, 0.717) is 23.2 Å². The van der Waals surface area contributed by atoms with Gasteiger partial charge in [-0.15, -0.1) is 0 Å². The molecular formula is C26H21N3O2S. The van der Waals surface area contributed by atoms with E-state index < -0.39 is 0 Å². The van der Waals surface area contributed by atoms with Crippen molar-refractivity contribution in [3.8, 4) is 5.75 Å². The highest BCUT2D eigenvalue weighted by atomic mass is 32.2. The second-order valence-corrected chi connectivity index (χ2v) is 8.30. The van der Waals surface area contributed by atoms with Gasteiger partial charge in [0.05, 0.1) is 17.1 Å². The highest BCUT2D eigenvalue weighted by Crippen LogP contribution is 2.31. The number of hydrogen-bond donors (Lipinski definition) is 1. The van der Waals surface area contributed by atoms with E-state index in [-0.39, 0.29) is 5.91 Å². The summed E-state index contributed by atoms with van der Waals surface area (Å²) in [7, 11) is 0. The molecule has 1 fully saturated rings. The van der Waals surface area contributed by atoms with Crippen molar-refractivity contribution in [1.82, 2.24) is 9.88 Å². The number of carbonyl (C=O) groups excluding carboxylic acids is 1. The molecule has 5 nitrogen and oxygen atoms in total. The average Bonchev–Trinajstić information content (AvgIpc) is 3.35. The Labute approximate surface area is 190 Å². The number of amides is 1. The summed E-state index contributed by atoms with van der Waals surface area (Å²) in [5, 5.41) is 4.55. The summed E-state index contributed by atoms with van der Waals surface area (Å²) in [6.45, 7) is 1.26. The van der Waals surface area contributed by atoms with E-state index in [1.54, 1.807) is 0 Å². The maximum absolute atomic E-state index is 12.5. The Bertz CT molecular complexity index is 1310. The number of para-hydroxylation sites is 3. The number of nitrogens with zero attached hydrogens (tertiary/aromatic N) is 2. The molecule has 5 rings (SSSR count). The number of amidine groups is 1. The van der Waals surface area contributed by atoms with Crippen LogP contribution in [0.5, 0.6) is 5.75 Å². The molecule has 3 aromatic carbocycles. The Morgan fingerprint density at radius 2 is 1.66 bits per heavy atom. The zero-order chi connectivity index (χ0) is 21.8. The molecule has 0 saturated carbocycles. The van der Waals surface area contributed by atoms with E-state index in [4.69, 9.17) is 4.74 Å². The smallest absolute Gasteiger partial charge is 0.264 e. The predicted molar refractivity (Wildman–Crippen MR) is 131 cm³/mol. The molecule has 1 aromatic heterocycles. The predicted octanol–water partition coefficient (Wildman–Crippen LogP) is 5.61. The lowest BCUT2D eigenvalue weighted by molar-refractivity contribution is -0.115. The normalized spacial score (nSPS) is 16.1. The summed E-state index contributed by atoms with van der Waals surface area (Å²) in [5.41, 5.74) is 2.92. The maximum Gasteiger partial charge on any atom is 0.264 e. The van der Waals surface area contributed by atoms with Crippen LogP contribution in [0.3, 0.4) is 0 Å². The van der Waals surface area contributed by atoms with Gasteiger partial charge in [-0.3, -0.25) is 4.79 Å². The molecule has 6 heteroatoms. The van der Waals surface area contributed by atoms with Gasteiger partial charge in [0.25, 0.3) is 5.91 Å². The van der Waals surface area contributed by atoms with Gasteiger partial charge in [-0.2, -0.15) is 0 Å². The summed E-state index contributed by atoms with van der Waals surface area (Å²) in [4.78, 5) is 17.7. The third kappa shape index (κ3) is 4.45. The minimum Gasteiger partial charge on any atom is -0.492 e. The van der Waals surface area contributed by atoms with Crippen LogP contribution in [0.25, 0.3) is 17.0 Å². The summed E-state index contributed by atoms with van der Waals surface area (Å²) in [6.07, 6.45) is 4.01. The molecule has 1 aliphatic heterocycles. The molecule has 0 unspecified atom stereocenters. The summed E-state index contributed by atoms with van der Waals surface area (Å²) in [6, 6.07) is 27.6. The van der Waals surface area contributed by atoms with Crippen LogP contribution in [0.2, 0.25) is 0 Å². The Kier molecular flexibility index (Phi) is 5.77. The Hall–Kier alpha value is -3.77. The third-order valence-corrected chi connectivity index (χ3v) is 6.00. The fourth-order valence-electron chi connectivity index (χ4n) is 3.60. The van der Waals surface area contributed by atoms with Crippen molar-refractivity contribution in [3.05, 3.63) is 102 Å². The number of benzene rings is 3. The molecular weight excluding hydrogens is 418 g/mol. The Morgan fingerprint density at radius 1 is 0.938 bits per heavy atom. The van der Waals surface area contributed by atoms with Crippen LogP contribution < -0.4 is 10.1 Å². The van der Waals surface area contributed by atoms with Crippen molar-refractivity contribution < 1.29 is 9.53 Å². The van der Waals surface area contributed by atoms with Gasteiger partial charge in [0, 0.05) is 22.7 Å². The number of aromatic nitrogens is 1. The Balaban J connectivity index is 1.38. The van der Waals surface area contributed by atoms with Crippen LogP contribution >= 0.6 is 11.8 Å². The minimum atomic E-state index is -0.131. The second-order valence-electron chi connectivity index (χ2n) is 7.27. The number of hydrogen-bond acceptors (Lipinski definition) is 4. The molecule has 158 valence electrons. The molecule has 2 heterocycles. The first-order valence-corrected chi connectivity index (χ1v) is 11.2. The molecule has 1 saturated heterocycles. The molecule has 0 aliphatic carbocycles. The second kappa shape index (κ2) is 9.16. The maximum atomic E-state index is 12.5. The van der Waals surface area contributed by atoms with Crippen LogP contribution in [0.1, 0.15) is 5.56 Å². The van der Waals surface area contributed by atoms with Gasteiger partial charge in [0.2, 0.25) is 0 Å². The lowest BCUT2D eigenvalue weighted by Gasteiger charge is -2.08. The first kappa shape index (κ1) is 20.2. The third-order valence-electron chi connectivity index (χ3n) is 5.09. The van der Waals surface area contributed by atoms with Crippen molar-refractivity contribution >= 4 is 45.5 Å².